The highest BCUT2D eigenvalue weighted by atomic mass is 32.2. The molecule has 1 aromatic rings. The number of hydrogen-bond acceptors (Lipinski definition) is 4. The van der Waals surface area contributed by atoms with Gasteiger partial charge < -0.3 is 9.52 Å². The molecule has 7 nitrogen and oxygen atoms in total. The van der Waals surface area contributed by atoms with Crippen LogP contribution in [0.5, 0.6) is 0 Å². The normalized spacial score (nSPS) is 25.1. The second kappa shape index (κ2) is 4.13. The SMILES string of the molecule is CN1CC(C(=O)O)N(Cc2ccco2)S1(=O)=O. The average Bonchev–Trinajstić information content (AvgIpc) is 2.80. The van der Waals surface area contributed by atoms with Gasteiger partial charge in [0, 0.05) is 13.6 Å². The van der Waals surface area contributed by atoms with Gasteiger partial charge in [0.1, 0.15) is 11.8 Å². The first-order chi connectivity index (χ1) is 7.93. The molecule has 17 heavy (non-hydrogen) atoms. The summed E-state index contributed by atoms with van der Waals surface area (Å²) in [4.78, 5) is 11.0. The third-order valence-electron chi connectivity index (χ3n) is 2.64. The molecular weight excluding hydrogens is 248 g/mol. The number of nitrogens with zero attached hydrogens (tertiary/aromatic N) is 2. The van der Waals surface area contributed by atoms with Crippen molar-refractivity contribution >= 4 is 16.2 Å². The number of carbonyl (C=O) groups is 1. The summed E-state index contributed by atoms with van der Waals surface area (Å²) in [5.74, 6) is -0.750. The summed E-state index contributed by atoms with van der Waals surface area (Å²) in [6, 6.07) is 2.15. The molecule has 1 aliphatic rings. The molecule has 1 aromatic heterocycles. The highest BCUT2D eigenvalue weighted by molar-refractivity contribution is 7.87. The maximum absolute atomic E-state index is 11.9. The zero-order valence-corrected chi connectivity index (χ0v) is 9.92. The van der Waals surface area contributed by atoms with Crippen LogP contribution in [0.1, 0.15) is 5.76 Å². The fourth-order valence-corrected chi connectivity index (χ4v) is 3.17. The predicted octanol–water partition coefficient (Wildman–Crippen LogP) is -0.275. The Hall–Kier alpha value is -1.38. The molecule has 2 heterocycles. The molecule has 0 aliphatic carbocycles. The van der Waals surface area contributed by atoms with Crippen LogP contribution < -0.4 is 0 Å². The van der Waals surface area contributed by atoms with Crippen molar-refractivity contribution in [2.45, 2.75) is 12.6 Å². The Bertz CT molecular complexity index is 509. The maximum Gasteiger partial charge on any atom is 0.323 e. The first kappa shape index (κ1) is 12.1. The van der Waals surface area contributed by atoms with Gasteiger partial charge in [0.05, 0.1) is 12.8 Å². The van der Waals surface area contributed by atoms with E-state index in [9.17, 15) is 13.2 Å². The van der Waals surface area contributed by atoms with Crippen LogP contribution >= 0.6 is 0 Å². The van der Waals surface area contributed by atoms with Crippen LogP contribution in [-0.4, -0.2) is 47.7 Å². The lowest BCUT2D eigenvalue weighted by atomic mass is 10.3. The van der Waals surface area contributed by atoms with E-state index in [1.807, 2.05) is 0 Å². The minimum Gasteiger partial charge on any atom is -0.480 e. The molecule has 1 saturated heterocycles. The molecule has 1 fully saturated rings. The van der Waals surface area contributed by atoms with Crippen LogP contribution in [0.25, 0.3) is 0 Å². The van der Waals surface area contributed by atoms with Crippen LogP contribution in [0, 0.1) is 0 Å². The first-order valence-corrected chi connectivity index (χ1v) is 6.31. The molecule has 0 radical (unpaired) electrons. The van der Waals surface area contributed by atoms with E-state index in [2.05, 4.69) is 0 Å². The zero-order valence-electron chi connectivity index (χ0n) is 9.11. The number of rotatable bonds is 3. The van der Waals surface area contributed by atoms with Crippen LogP contribution in [0.15, 0.2) is 22.8 Å². The Balaban J connectivity index is 2.30. The first-order valence-electron chi connectivity index (χ1n) is 4.91. The fraction of sp³-hybridized carbons (Fsp3) is 0.444. The zero-order chi connectivity index (χ0) is 12.6. The summed E-state index contributed by atoms with van der Waals surface area (Å²) >= 11 is 0. The third kappa shape index (κ3) is 2.06. The summed E-state index contributed by atoms with van der Waals surface area (Å²) in [6.45, 7) is -0.130. The van der Waals surface area contributed by atoms with E-state index in [1.165, 1.54) is 13.3 Å². The molecular formula is C9H12N2O5S. The predicted molar refractivity (Wildman–Crippen MR) is 57.2 cm³/mol. The summed E-state index contributed by atoms with van der Waals surface area (Å²) < 4.78 is 30.7. The van der Waals surface area contributed by atoms with Crippen molar-refractivity contribution < 1.29 is 22.7 Å². The van der Waals surface area contributed by atoms with Crippen LogP contribution in [0.3, 0.4) is 0 Å². The summed E-state index contributed by atoms with van der Waals surface area (Å²) in [6.07, 6.45) is 1.41. The molecule has 0 bridgehead atoms. The summed E-state index contributed by atoms with van der Waals surface area (Å²) in [7, 11) is -2.36. The summed E-state index contributed by atoms with van der Waals surface area (Å²) in [5, 5.41) is 9.00. The van der Waals surface area contributed by atoms with Gasteiger partial charge in [0.25, 0.3) is 10.2 Å². The Morgan fingerprint density at radius 1 is 1.65 bits per heavy atom. The van der Waals surface area contributed by atoms with E-state index in [0.717, 1.165) is 8.61 Å². The molecule has 8 heteroatoms. The topological polar surface area (TPSA) is 91.1 Å². The van der Waals surface area contributed by atoms with Crippen molar-refractivity contribution in [2.24, 2.45) is 0 Å². The Morgan fingerprint density at radius 3 is 2.88 bits per heavy atom. The second-order valence-corrected chi connectivity index (χ2v) is 5.75. The number of likely N-dealkylation sites (N-methyl/N-ethyl adjacent to an activating group) is 1. The van der Waals surface area contributed by atoms with Gasteiger partial charge in [0.2, 0.25) is 0 Å². The van der Waals surface area contributed by atoms with Gasteiger partial charge in [-0.25, -0.2) is 0 Å². The average molecular weight is 260 g/mol. The smallest absolute Gasteiger partial charge is 0.323 e. The highest BCUT2D eigenvalue weighted by Crippen LogP contribution is 2.23. The Labute approximate surface area is 98.4 Å². The van der Waals surface area contributed by atoms with E-state index < -0.39 is 22.2 Å². The standard InChI is InChI=1S/C9H12N2O5S/c1-10-6-8(9(12)13)11(17(10,14)15)5-7-3-2-4-16-7/h2-4,8H,5-6H2,1H3,(H,12,13). The van der Waals surface area contributed by atoms with Crippen LogP contribution in [0.4, 0.5) is 0 Å². The van der Waals surface area contributed by atoms with E-state index in [-0.39, 0.29) is 13.1 Å². The minimum absolute atomic E-state index is 0.0572. The lowest BCUT2D eigenvalue weighted by molar-refractivity contribution is -0.141. The van der Waals surface area contributed by atoms with Gasteiger partial charge in [-0.05, 0) is 12.1 Å². The molecule has 0 amide bonds. The fourth-order valence-electron chi connectivity index (χ4n) is 1.72. The molecule has 94 valence electrons. The maximum atomic E-state index is 11.9. The number of aliphatic carboxylic acids is 1. The van der Waals surface area contributed by atoms with E-state index in [4.69, 9.17) is 9.52 Å². The van der Waals surface area contributed by atoms with Crippen molar-refractivity contribution in [1.82, 2.24) is 8.61 Å². The number of hydrogen-bond donors (Lipinski definition) is 1. The molecule has 0 spiro atoms. The van der Waals surface area contributed by atoms with Gasteiger partial charge >= 0.3 is 5.97 Å². The van der Waals surface area contributed by atoms with Gasteiger partial charge in [-0.1, -0.05) is 0 Å². The number of furan rings is 1. The minimum atomic E-state index is -3.71. The quantitative estimate of drug-likeness (QED) is 0.807. The monoisotopic (exact) mass is 260 g/mol. The largest absolute Gasteiger partial charge is 0.480 e. The molecule has 1 aliphatic heterocycles. The molecule has 0 aromatic carbocycles. The van der Waals surface area contributed by atoms with E-state index in [1.54, 1.807) is 12.1 Å². The van der Waals surface area contributed by atoms with Gasteiger partial charge in [-0.2, -0.15) is 17.0 Å². The molecule has 1 unspecified atom stereocenters. The van der Waals surface area contributed by atoms with Crippen molar-refractivity contribution in [1.29, 1.82) is 0 Å². The van der Waals surface area contributed by atoms with Gasteiger partial charge in [-0.15, -0.1) is 0 Å². The van der Waals surface area contributed by atoms with Gasteiger partial charge in [0.15, 0.2) is 0 Å². The van der Waals surface area contributed by atoms with Crippen molar-refractivity contribution in [3.63, 3.8) is 0 Å². The molecule has 1 N–H and O–H groups in total. The van der Waals surface area contributed by atoms with E-state index >= 15 is 0 Å². The van der Waals surface area contributed by atoms with Crippen molar-refractivity contribution in [2.75, 3.05) is 13.6 Å². The lowest BCUT2D eigenvalue weighted by Gasteiger charge is -2.17. The lowest BCUT2D eigenvalue weighted by Crippen LogP contribution is -2.39. The number of carboxylic acid groups (broad SMARTS) is 1. The Kier molecular flexibility index (Phi) is 2.94. The molecule has 1 atom stereocenters. The van der Waals surface area contributed by atoms with Gasteiger partial charge in [-0.3, -0.25) is 4.79 Å². The van der Waals surface area contributed by atoms with Crippen molar-refractivity contribution in [3.8, 4) is 0 Å². The summed E-state index contributed by atoms with van der Waals surface area (Å²) in [5.41, 5.74) is 0. The molecule has 0 saturated carbocycles. The van der Waals surface area contributed by atoms with Crippen LogP contribution in [0.2, 0.25) is 0 Å². The molecule has 2 rings (SSSR count). The Morgan fingerprint density at radius 2 is 2.35 bits per heavy atom. The van der Waals surface area contributed by atoms with E-state index in [0.29, 0.717) is 5.76 Å². The van der Waals surface area contributed by atoms with Crippen LogP contribution in [-0.2, 0) is 21.5 Å². The highest BCUT2D eigenvalue weighted by Gasteiger charge is 2.45. The second-order valence-electron chi connectivity index (χ2n) is 3.77. The van der Waals surface area contributed by atoms with Crippen molar-refractivity contribution in [3.05, 3.63) is 24.2 Å². The third-order valence-corrected chi connectivity index (χ3v) is 4.56. The number of carboxylic acids is 1.